The quantitative estimate of drug-likeness (QED) is 0.133. The average Bonchev–Trinajstić information content (AvgIpc) is 0.732. The highest BCUT2D eigenvalue weighted by Crippen LogP contribution is 2.50. The average molecular weight is 1480 g/mol. The van der Waals surface area contributed by atoms with Crippen LogP contribution in [0.2, 0.25) is 0 Å². The van der Waals surface area contributed by atoms with Crippen molar-refractivity contribution in [3.8, 4) is 0 Å². The molecule has 6 rings (SSSR count). The van der Waals surface area contributed by atoms with Gasteiger partial charge in [0.25, 0.3) is 0 Å². The van der Waals surface area contributed by atoms with Gasteiger partial charge in [0.05, 0.1) is 50.1 Å². The van der Waals surface area contributed by atoms with Crippen molar-refractivity contribution in [2.45, 2.75) is 248 Å². The first-order valence-corrected chi connectivity index (χ1v) is 38.0. The predicted molar refractivity (Wildman–Crippen MR) is 383 cm³/mol. The van der Waals surface area contributed by atoms with Crippen molar-refractivity contribution in [3.05, 3.63) is 12.2 Å². The summed E-state index contributed by atoms with van der Waals surface area (Å²) in [6.07, 6.45) is 3.74. The Morgan fingerprint density at radius 1 is 0.696 bits per heavy atom. The van der Waals surface area contributed by atoms with Crippen molar-refractivity contribution in [3.63, 3.8) is 0 Å². The van der Waals surface area contributed by atoms with Gasteiger partial charge in [-0.15, -0.1) is 23.2 Å². The third kappa shape index (κ3) is 21.3. The second-order valence-electron chi connectivity index (χ2n) is 31.1. The molecule has 3 aliphatic carbocycles. The third-order valence-electron chi connectivity index (χ3n) is 22.9. The Morgan fingerprint density at radius 2 is 1.33 bits per heavy atom. The number of amides is 11. The van der Waals surface area contributed by atoms with E-state index in [2.05, 4.69) is 16.0 Å². The van der Waals surface area contributed by atoms with E-state index in [1.807, 2.05) is 54.5 Å². The van der Waals surface area contributed by atoms with Crippen LogP contribution in [-0.4, -0.2) is 282 Å². The summed E-state index contributed by atoms with van der Waals surface area (Å²) < 4.78 is 48.2. The molecular weight excluding hydrogens is 1360 g/mol. The second-order valence-corrected chi connectivity index (χ2v) is 32.2. The lowest BCUT2D eigenvalue weighted by Gasteiger charge is -2.54. The van der Waals surface area contributed by atoms with Crippen LogP contribution >= 0.6 is 23.2 Å². The summed E-state index contributed by atoms with van der Waals surface area (Å²) in [5, 5.41) is 8.73. The van der Waals surface area contributed by atoms with Gasteiger partial charge in [0.15, 0.2) is 0 Å². The number of fused-ring (bicyclic) bond motifs is 3. The molecule has 2 bridgehead atoms. The van der Waals surface area contributed by atoms with Crippen molar-refractivity contribution in [1.82, 2.24) is 60.0 Å². The Balaban J connectivity index is 1.46. The van der Waals surface area contributed by atoms with Gasteiger partial charge in [-0.05, 0) is 125 Å². The molecule has 0 aromatic heterocycles. The smallest absolute Gasteiger partial charge is 0.377 e. The van der Waals surface area contributed by atoms with Crippen LogP contribution < -0.4 is 16.0 Å². The maximum Gasteiger partial charge on any atom is 0.391 e. The number of carbonyl (C=O) groups is 11. The number of nitrogens with one attached hydrogen (secondary N) is 3. The van der Waals surface area contributed by atoms with Crippen molar-refractivity contribution in [1.29, 1.82) is 0 Å². The van der Waals surface area contributed by atoms with Gasteiger partial charge >= 0.3 is 6.18 Å². The van der Waals surface area contributed by atoms with Crippen LogP contribution in [0.3, 0.4) is 0 Å². The predicted octanol–water partition coefficient (Wildman–Crippen LogP) is 6.43. The number of likely N-dealkylation sites (N-methyl/N-ethyl adjacent to an activating group) is 7. The molecule has 1 spiro atoms. The van der Waals surface area contributed by atoms with Crippen molar-refractivity contribution in [2.24, 2.45) is 35.0 Å². The number of alkyl halides is 5. The molecule has 29 heteroatoms. The zero-order valence-corrected chi connectivity index (χ0v) is 64.7. The summed E-state index contributed by atoms with van der Waals surface area (Å²) in [6, 6.07) is -9.14. The highest BCUT2D eigenvalue weighted by molar-refractivity contribution is 6.30. The third-order valence-corrected chi connectivity index (χ3v) is 24.0. The summed E-state index contributed by atoms with van der Waals surface area (Å²) in [6.45, 7) is 12.0. The number of hydrogen-bond acceptors (Lipinski definition) is 13. The van der Waals surface area contributed by atoms with E-state index in [0.29, 0.717) is 57.8 Å². The Bertz CT molecular complexity index is 2960. The molecule has 0 aromatic rings. The molecule has 24 nitrogen and oxygen atoms in total. The SMILES string of the molecule is CCC[C@H]1CN[C@@H]([C@@H](C)CC)C(=O)N(C)CC(=O)N(C)[C@H]2C/C=C\CCN(C2=O)[C@@H](CC2CCC(C(F)(F)F)CC2)C(=O)N(C)CC(=O)N[C@@H](CCC2CCC(Cl)C(Cl)C2)C(=O)N2CCOC[C@H]2C(=O)NC2(CC(C)(C)C2)C(=O)N(C)[C@@H](C(CC)CC)C(=O)N(C)[C@H](C(=O)N(C)C)CC(=O)N1C. The van der Waals surface area contributed by atoms with E-state index in [0.717, 1.165) is 4.90 Å². The lowest BCUT2D eigenvalue weighted by atomic mass is 9.58. The first-order chi connectivity index (χ1) is 47.9. The number of morpholine rings is 1. The fourth-order valence-corrected chi connectivity index (χ4v) is 17.0. The van der Waals surface area contributed by atoms with E-state index >= 15 is 28.8 Å². The maximum atomic E-state index is 15.7. The van der Waals surface area contributed by atoms with Gasteiger partial charge in [-0.2, -0.15) is 13.2 Å². The molecule has 0 aromatic carbocycles. The number of halogens is 5. The van der Waals surface area contributed by atoms with Gasteiger partial charge < -0.3 is 64.8 Å². The lowest BCUT2D eigenvalue weighted by molar-refractivity contribution is -0.184. The molecule has 102 heavy (non-hydrogen) atoms. The number of ether oxygens (including phenoxy) is 1. The van der Waals surface area contributed by atoms with E-state index < -0.39 is 168 Å². The van der Waals surface area contributed by atoms with Crippen molar-refractivity contribution >= 4 is 88.2 Å². The van der Waals surface area contributed by atoms with E-state index in [-0.39, 0.29) is 120 Å². The summed E-state index contributed by atoms with van der Waals surface area (Å²) in [5.41, 5.74) is -2.10. The molecule has 11 amide bonds. The Morgan fingerprint density at radius 3 is 1.92 bits per heavy atom. The van der Waals surface area contributed by atoms with Crippen LogP contribution in [0.25, 0.3) is 0 Å². The minimum atomic E-state index is -4.42. The fraction of sp³-hybridized carbons (Fsp3) is 0.822. The first-order valence-electron chi connectivity index (χ1n) is 37.2. The highest BCUT2D eigenvalue weighted by Gasteiger charge is 2.59. The van der Waals surface area contributed by atoms with E-state index in [4.69, 9.17) is 27.9 Å². The fourth-order valence-electron chi connectivity index (χ4n) is 16.4. The van der Waals surface area contributed by atoms with Crippen LogP contribution in [-0.2, 0) is 57.5 Å². The van der Waals surface area contributed by atoms with E-state index in [1.54, 1.807) is 13.1 Å². The van der Waals surface area contributed by atoms with Crippen molar-refractivity contribution < 1.29 is 70.6 Å². The minimum Gasteiger partial charge on any atom is -0.377 e. The number of carbonyl (C=O) groups excluding carboxylic acids is 11. The molecule has 3 aliphatic heterocycles. The summed E-state index contributed by atoms with van der Waals surface area (Å²) >= 11 is 13.3. The molecule has 578 valence electrons. The minimum absolute atomic E-state index is 0.00793. The molecule has 0 radical (unpaired) electrons. The molecule has 3 saturated carbocycles. The van der Waals surface area contributed by atoms with Crippen LogP contribution in [0.5, 0.6) is 0 Å². The van der Waals surface area contributed by atoms with Gasteiger partial charge in [0.2, 0.25) is 65.0 Å². The Kier molecular flexibility index (Phi) is 31.3. The summed E-state index contributed by atoms with van der Waals surface area (Å²) in [4.78, 5) is 178. The molecule has 5 fully saturated rings. The number of hydrogen-bond donors (Lipinski definition) is 3. The Hall–Kier alpha value is -5.80. The molecular formula is C73H119Cl2F3N12O12. The van der Waals surface area contributed by atoms with E-state index in [9.17, 15) is 37.1 Å². The van der Waals surface area contributed by atoms with Gasteiger partial charge in [-0.25, -0.2) is 0 Å². The first kappa shape index (κ1) is 85.1. The number of nitrogens with zero attached hydrogens (tertiary/aromatic N) is 9. The van der Waals surface area contributed by atoms with E-state index in [1.165, 1.54) is 88.5 Å². The zero-order valence-electron chi connectivity index (χ0n) is 63.2. The zero-order chi connectivity index (χ0) is 76.0. The Labute approximate surface area is 613 Å². The van der Waals surface area contributed by atoms with Gasteiger partial charge in [0.1, 0.15) is 41.8 Å². The standard InChI is InChI=1S/C73H119Cl2F3N12O12/c1-16-23-50-39-79-61(45(5)17-2)68(99)84(11)41-60(93)86(13)54-24-21-20-22-33-89(67(54)98)56(37-47-25-29-49(30-26-47)73(76,77)78)66(97)83(10)40-58(91)80-53(32-28-46-27-31-51(74)52(75)36-46)64(95)90-34-35-102-42-57(90)63(94)81-72(43-71(6,7)44-72)70(101)88(15)62(48(18-3)19-4)69(100)87(14)55(65(96)82(8)9)38-59(92)85(50)12/h20-21,45-57,61-62,79H,16-19,22-44H2,1-15H3,(H,80,91)(H,81,94)/b21-20-/t45-,46?,47?,49?,50-,51?,52?,53-,54-,55-,56-,57-,61-,62-/m0/s1. The van der Waals surface area contributed by atoms with Crippen LogP contribution in [0.15, 0.2) is 12.2 Å². The topological polar surface area (TPSA) is 262 Å². The molecule has 3 unspecified atom stereocenters. The normalized spacial score (nSPS) is 31.2. The second kappa shape index (κ2) is 37.4. The monoisotopic (exact) mass is 1480 g/mol. The molecule has 6 aliphatic rings. The van der Waals surface area contributed by atoms with Gasteiger partial charge in [-0.3, -0.25) is 52.7 Å². The number of rotatable bonds is 13. The van der Waals surface area contributed by atoms with Crippen molar-refractivity contribution in [2.75, 3.05) is 102 Å². The maximum absolute atomic E-state index is 15.7. The van der Waals surface area contributed by atoms with Crippen LogP contribution in [0.1, 0.15) is 177 Å². The van der Waals surface area contributed by atoms with Gasteiger partial charge in [-0.1, -0.05) is 86.3 Å². The largest absolute Gasteiger partial charge is 0.391 e. The summed E-state index contributed by atoms with van der Waals surface area (Å²) in [7, 11) is 11.9. The molecule has 12 atom stereocenters. The summed E-state index contributed by atoms with van der Waals surface area (Å²) in [5.74, 6) is -9.52. The molecule has 2 saturated heterocycles. The lowest BCUT2D eigenvalue weighted by Crippen LogP contribution is -2.72. The van der Waals surface area contributed by atoms with Gasteiger partial charge in [0, 0.05) is 87.4 Å². The van der Waals surface area contributed by atoms with Crippen LogP contribution in [0, 0.1) is 35.0 Å². The molecule has 3 heterocycles. The van der Waals surface area contributed by atoms with Crippen LogP contribution in [0.4, 0.5) is 13.2 Å². The highest BCUT2D eigenvalue weighted by atomic mass is 35.5. The molecule has 3 N–H and O–H groups in total.